The lowest BCUT2D eigenvalue weighted by Gasteiger charge is -2.14. The van der Waals surface area contributed by atoms with E-state index < -0.39 is 10.8 Å². The Morgan fingerprint density at radius 1 is 1.38 bits per heavy atom. The third-order valence-electron chi connectivity index (χ3n) is 2.72. The minimum absolute atomic E-state index is 0.195. The Kier molecular flexibility index (Phi) is 3.39. The van der Waals surface area contributed by atoms with E-state index in [0.29, 0.717) is 0 Å². The van der Waals surface area contributed by atoms with Gasteiger partial charge in [0.25, 0.3) is 0 Å². The van der Waals surface area contributed by atoms with Crippen molar-refractivity contribution < 1.29 is 13.7 Å². The van der Waals surface area contributed by atoms with Crippen molar-refractivity contribution in [3.05, 3.63) is 30.3 Å². The normalized spacial score (nSPS) is 26.4. The molecule has 0 bridgehead atoms. The molecular formula is C12H14O3S. The van der Waals surface area contributed by atoms with E-state index in [0.717, 1.165) is 11.3 Å². The maximum absolute atomic E-state index is 12.2. The van der Waals surface area contributed by atoms with Crippen LogP contribution in [0.2, 0.25) is 0 Å². The monoisotopic (exact) mass is 238 g/mol. The highest BCUT2D eigenvalue weighted by molar-refractivity contribution is 7.85. The van der Waals surface area contributed by atoms with Crippen LogP contribution in [0.4, 0.5) is 0 Å². The molecule has 0 amide bonds. The Morgan fingerprint density at radius 2 is 2.06 bits per heavy atom. The van der Waals surface area contributed by atoms with E-state index in [9.17, 15) is 9.00 Å². The summed E-state index contributed by atoms with van der Waals surface area (Å²) in [6.07, 6.45) is 0.781. The molecule has 3 nitrogen and oxygen atoms in total. The molecule has 0 aliphatic carbocycles. The number of carbonyl (C=O) groups is 1. The molecular weight excluding hydrogens is 224 g/mol. The van der Waals surface area contributed by atoms with Crippen LogP contribution in [0.5, 0.6) is 0 Å². The van der Waals surface area contributed by atoms with Crippen LogP contribution >= 0.6 is 0 Å². The van der Waals surface area contributed by atoms with Crippen molar-refractivity contribution in [2.75, 3.05) is 0 Å². The number of esters is 1. The Hall–Kier alpha value is -1.16. The lowest BCUT2D eigenvalue weighted by molar-refractivity contribution is -0.141. The molecule has 0 radical (unpaired) electrons. The zero-order valence-electron chi connectivity index (χ0n) is 9.09. The Labute approximate surface area is 97.3 Å². The van der Waals surface area contributed by atoms with Crippen LogP contribution in [-0.2, 0) is 20.3 Å². The van der Waals surface area contributed by atoms with Crippen LogP contribution in [0.15, 0.2) is 35.2 Å². The van der Waals surface area contributed by atoms with Crippen LogP contribution in [0, 0.1) is 0 Å². The third kappa shape index (κ3) is 2.16. The molecule has 3 atom stereocenters. The fourth-order valence-corrected chi connectivity index (χ4v) is 3.46. The molecule has 0 aromatic heterocycles. The Balaban J connectivity index is 2.19. The average molecular weight is 238 g/mol. The van der Waals surface area contributed by atoms with Crippen LogP contribution < -0.4 is 0 Å². The summed E-state index contributed by atoms with van der Waals surface area (Å²) in [5.74, 6) is -0.235. The fraction of sp³-hybridized carbons (Fsp3) is 0.417. The summed E-state index contributed by atoms with van der Waals surface area (Å²) in [5, 5.41) is -0.195. The maximum Gasteiger partial charge on any atom is 0.307 e. The summed E-state index contributed by atoms with van der Waals surface area (Å²) in [7, 11) is -1.16. The molecule has 16 heavy (non-hydrogen) atoms. The zero-order valence-corrected chi connectivity index (χ0v) is 9.91. The van der Waals surface area contributed by atoms with E-state index in [1.165, 1.54) is 0 Å². The quantitative estimate of drug-likeness (QED) is 0.755. The first-order valence-electron chi connectivity index (χ1n) is 5.37. The third-order valence-corrected chi connectivity index (χ3v) is 4.48. The van der Waals surface area contributed by atoms with Gasteiger partial charge in [-0.05, 0) is 18.6 Å². The second-order valence-electron chi connectivity index (χ2n) is 3.79. The minimum atomic E-state index is -1.16. The summed E-state index contributed by atoms with van der Waals surface area (Å²) in [6, 6.07) is 9.24. The van der Waals surface area contributed by atoms with Crippen LogP contribution in [0.25, 0.3) is 0 Å². The Bertz CT molecular complexity index is 402. The predicted octanol–water partition coefficient (Wildman–Crippen LogP) is 1.89. The minimum Gasteiger partial charge on any atom is -0.461 e. The molecule has 1 aromatic carbocycles. The summed E-state index contributed by atoms with van der Waals surface area (Å²) in [4.78, 5) is 12.0. The second kappa shape index (κ2) is 4.78. The van der Waals surface area contributed by atoms with Crippen molar-refractivity contribution in [3.8, 4) is 0 Å². The summed E-state index contributed by atoms with van der Waals surface area (Å²) >= 11 is 0. The second-order valence-corrected chi connectivity index (χ2v) is 5.46. The number of cyclic esters (lactones) is 1. The molecule has 1 aliphatic rings. The van der Waals surface area contributed by atoms with E-state index in [1.807, 2.05) is 37.3 Å². The number of ether oxygens (including phenoxy) is 1. The van der Waals surface area contributed by atoms with Gasteiger partial charge < -0.3 is 4.74 Å². The highest BCUT2D eigenvalue weighted by atomic mass is 32.2. The number of hydrogen-bond donors (Lipinski definition) is 0. The molecule has 1 aromatic rings. The van der Waals surface area contributed by atoms with Gasteiger partial charge in [0.15, 0.2) is 0 Å². The first-order chi connectivity index (χ1) is 7.72. The molecule has 1 fully saturated rings. The van der Waals surface area contributed by atoms with E-state index >= 15 is 0 Å². The molecule has 0 spiro atoms. The molecule has 0 N–H and O–H groups in total. The van der Waals surface area contributed by atoms with Crippen molar-refractivity contribution >= 4 is 16.8 Å². The summed E-state index contributed by atoms with van der Waals surface area (Å²) in [6.45, 7) is 1.94. The first-order valence-corrected chi connectivity index (χ1v) is 6.58. The largest absolute Gasteiger partial charge is 0.461 e. The molecule has 1 aliphatic heterocycles. The van der Waals surface area contributed by atoms with E-state index in [4.69, 9.17) is 4.74 Å². The number of carbonyl (C=O) groups excluding carboxylic acids is 1. The smallest absolute Gasteiger partial charge is 0.307 e. The zero-order chi connectivity index (χ0) is 11.5. The average Bonchev–Trinajstić information content (AvgIpc) is 2.70. The first kappa shape index (κ1) is 11.3. The van der Waals surface area contributed by atoms with Crippen molar-refractivity contribution in [1.29, 1.82) is 0 Å². The van der Waals surface area contributed by atoms with Crippen LogP contribution in [-0.4, -0.2) is 21.5 Å². The standard InChI is InChI=1S/C12H14O3S/c1-2-10-11(8-12(13)15-10)16(14)9-6-4-3-5-7-9/h3-7,10-11H,2,8H2,1H3. The van der Waals surface area contributed by atoms with Gasteiger partial charge in [-0.1, -0.05) is 25.1 Å². The van der Waals surface area contributed by atoms with Crippen molar-refractivity contribution in [1.82, 2.24) is 0 Å². The van der Waals surface area contributed by atoms with Gasteiger partial charge in [-0.3, -0.25) is 9.00 Å². The molecule has 2 rings (SSSR count). The van der Waals surface area contributed by atoms with Gasteiger partial charge in [-0.2, -0.15) is 0 Å². The predicted molar refractivity (Wildman–Crippen MR) is 61.4 cm³/mol. The molecule has 1 saturated heterocycles. The van der Waals surface area contributed by atoms with Gasteiger partial charge >= 0.3 is 5.97 Å². The van der Waals surface area contributed by atoms with Crippen molar-refractivity contribution in [2.24, 2.45) is 0 Å². The molecule has 3 unspecified atom stereocenters. The topological polar surface area (TPSA) is 43.4 Å². The lowest BCUT2D eigenvalue weighted by atomic mass is 10.2. The fourth-order valence-electron chi connectivity index (χ4n) is 1.88. The summed E-state index contributed by atoms with van der Waals surface area (Å²) < 4.78 is 17.4. The highest BCUT2D eigenvalue weighted by Crippen LogP contribution is 2.26. The van der Waals surface area contributed by atoms with Gasteiger partial charge in [0, 0.05) is 4.90 Å². The SMILES string of the molecule is CCC1OC(=O)CC1S(=O)c1ccccc1. The van der Waals surface area contributed by atoms with Crippen molar-refractivity contribution in [3.63, 3.8) is 0 Å². The van der Waals surface area contributed by atoms with Gasteiger partial charge in [0.1, 0.15) is 6.10 Å². The lowest BCUT2D eigenvalue weighted by Crippen LogP contribution is -2.25. The maximum atomic E-state index is 12.2. The molecule has 4 heteroatoms. The molecule has 0 saturated carbocycles. The van der Waals surface area contributed by atoms with E-state index in [-0.39, 0.29) is 23.7 Å². The van der Waals surface area contributed by atoms with Crippen LogP contribution in [0.1, 0.15) is 19.8 Å². The van der Waals surface area contributed by atoms with Gasteiger partial charge in [-0.15, -0.1) is 0 Å². The van der Waals surface area contributed by atoms with Gasteiger partial charge in [0.05, 0.1) is 22.5 Å². The van der Waals surface area contributed by atoms with Gasteiger partial charge in [0.2, 0.25) is 0 Å². The van der Waals surface area contributed by atoms with Gasteiger partial charge in [-0.25, -0.2) is 0 Å². The van der Waals surface area contributed by atoms with Crippen molar-refractivity contribution in [2.45, 2.75) is 36.0 Å². The van der Waals surface area contributed by atoms with Crippen LogP contribution in [0.3, 0.4) is 0 Å². The summed E-state index contributed by atoms with van der Waals surface area (Å²) in [5.41, 5.74) is 0. The number of benzene rings is 1. The highest BCUT2D eigenvalue weighted by Gasteiger charge is 2.38. The number of hydrogen-bond acceptors (Lipinski definition) is 3. The molecule has 1 heterocycles. The van der Waals surface area contributed by atoms with E-state index in [1.54, 1.807) is 0 Å². The molecule has 86 valence electrons. The Morgan fingerprint density at radius 3 is 2.69 bits per heavy atom. The van der Waals surface area contributed by atoms with E-state index in [2.05, 4.69) is 0 Å². The number of rotatable bonds is 3.